The number of carbonyl (C=O) groups excluding carboxylic acids is 1. The Balaban J connectivity index is 2.32. The van der Waals surface area contributed by atoms with Gasteiger partial charge in [0.1, 0.15) is 10.8 Å². The molecule has 0 N–H and O–H groups in total. The number of fused-ring (bicyclic) bond motifs is 1. The van der Waals surface area contributed by atoms with E-state index in [1.54, 1.807) is 58.0 Å². The molecule has 0 aliphatic rings. The molecule has 142 valence electrons. The summed E-state index contributed by atoms with van der Waals surface area (Å²) in [6.45, 7) is 6.99. The zero-order valence-electron chi connectivity index (χ0n) is 15.4. The lowest BCUT2D eigenvalue weighted by molar-refractivity contribution is 0.0546. The molecule has 0 radical (unpaired) electrons. The van der Waals surface area contributed by atoms with Crippen LogP contribution in [0.1, 0.15) is 38.3 Å². The van der Waals surface area contributed by atoms with Crippen LogP contribution in [0.25, 0.3) is 22.3 Å². The average Bonchev–Trinajstić information content (AvgIpc) is 2.91. The molecule has 0 bridgehead atoms. The van der Waals surface area contributed by atoms with Crippen LogP contribution in [0.2, 0.25) is 5.15 Å². The molecular formula is C20H19ClF2N2O2. The predicted molar refractivity (Wildman–Crippen MR) is 102 cm³/mol. The maximum Gasteiger partial charge on any atom is 0.420 e. The number of carbonyl (C=O) groups is 1. The second-order valence-corrected chi connectivity index (χ2v) is 7.67. The van der Waals surface area contributed by atoms with Crippen LogP contribution in [0.3, 0.4) is 0 Å². The second kappa shape index (κ2) is 6.93. The molecule has 0 aliphatic heterocycles. The number of alkyl halides is 2. The van der Waals surface area contributed by atoms with Gasteiger partial charge in [0.25, 0.3) is 6.43 Å². The standard InChI is InChI=1S/C20H19ClF2N2O2/c1-11-5-7-13(17(22)23)14(9-11)15-10-12-6-8-16(21)24-18(12)25(15)19(26)27-20(2,3)4/h5-10,17H,1-4H3. The van der Waals surface area contributed by atoms with Gasteiger partial charge in [-0.3, -0.25) is 0 Å². The van der Waals surface area contributed by atoms with Crippen LogP contribution in [0, 0.1) is 6.92 Å². The fraction of sp³-hybridized carbons (Fsp3) is 0.300. The summed E-state index contributed by atoms with van der Waals surface area (Å²) in [7, 11) is 0. The number of ether oxygens (including phenoxy) is 1. The van der Waals surface area contributed by atoms with Gasteiger partial charge in [0.05, 0.1) is 5.69 Å². The predicted octanol–water partition coefficient (Wildman–Crippen LogP) is 6.39. The van der Waals surface area contributed by atoms with Crippen molar-refractivity contribution >= 4 is 28.7 Å². The van der Waals surface area contributed by atoms with Crippen molar-refractivity contribution in [1.29, 1.82) is 0 Å². The number of halogens is 3. The largest absolute Gasteiger partial charge is 0.443 e. The monoisotopic (exact) mass is 392 g/mol. The third-order valence-corrected chi connectivity index (χ3v) is 4.12. The molecule has 4 nitrogen and oxygen atoms in total. The summed E-state index contributed by atoms with van der Waals surface area (Å²) in [5, 5.41) is 0.789. The van der Waals surface area contributed by atoms with Gasteiger partial charge in [-0.25, -0.2) is 23.1 Å². The number of aromatic nitrogens is 2. The molecule has 0 unspecified atom stereocenters. The number of hydrogen-bond donors (Lipinski definition) is 0. The van der Waals surface area contributed by atoms with Crippen LogP contribution in [0.5, 0.6) is 0 Å². The Bertz CT molecular complexity index is 1020. The minimum absolute atomic E-state index is 0.167. The number of rotatable bonds is 2. The molecular weight excluding hydrogens is 374 g/mol. The van der Waals surface area contributed by atoms with Gasteiger partial charge in [-0.15, -0.1) is 0 Å². The van der Waals surface area contributed by atoms with Crippen LogP contribution in [-0.2, 0) is 4.74 Å². The highest BCUT2D eigenvalue weighted by molar-refractivity contribution is 6.29. The van der Waals surface area contributed by atoms with Crippen molar-refractivity contribution in [2.75, 3.05) is 0 Å². The van der Waals surface area contributed by atoms with Crippen molar-refractivity contribution in [2.45, 2.75) is 39.7 Å². The summed E-state index contributed by atoms with van der Waals surface area (Å²) in [5.41, 5.74) is 0.661. The van der Waals surface area contributed by atoms with E-state index < -0.39 is 18.1 Å². The van der Waals surface area contributed by atoms with Crippen molar-refractivity contribution in [1.82, 2.24) is 9.55 Å². The molecule has 0 atom stereocenters. The number of hydrogen-bond acceptors (Lipinski definition) is 3. The van der Waals surface area contributed by atoms with E-state index in [9.17, 15) is 13.6 Å². The van der Waals surface area contributed by atoms with Gasteiger partial charge < -0.3 is 4.74 Å². The van der Waals surface area contributed by atoms with Crippen molar-refractivity contribution in [3.8, 4) is 11.3 Å². The number of pyridine rings is 1. The molecule has 2 heterocycles. The van der Waals surface area contributed by atoms with Crippen LogP contribution >= 0.6 is 11.6 Å². The van der Waals surface area contributed by atoms with Gasteiger partial charge in [-0.05, 0) is 52.0 Å². The Hall–Kier alpha value is -2.47. The Labute approximate surface area is 160 Å². The van der Waals surface area contributed by atoms with E-state index in [1.165, 1.54) is 10.6 Å². The first kappa shape index (κ1) is 19.3. The molecule has 0 fully saturated rings. The topological polar surface area (TPSA) is 44.1 Å². The maximum absolute atomic E-state index is 13.6. The van der Waals surface area contributed by atoms with E-state index in [-0.39, 0.29) is 27.6 Å². The molecule has 0 spiro atoms. The minimum Gasteiger partial charge on any atom is -0.443 e. The highest BCUT2D eigenvalue weighted by atomic mass is 35.5. The van der Waals surface area contributed by atoms with Crippen LogP contribution in [-0.4, -0.2) is 21.2 Å². The average molecular weight is 393 g/mol. The first-order chi connectivity index (χ1) is 12.6. The van der Waals surface area contributed by atoms with Crippen LogP contribution in [0.4, 0.5) is 13.6 Å². The number of nitrogens with zero attached hydrogens (tertiary/aromatic N) is 2. The van der Waals surface area contributed by atoms with E-state index >= 15 is 0 Å². The summed E-state index contributed by atoms with van der Waals surface area (Å²) in [5.74, 6) is 0. The number of benzene rings is 1. The summed E-state index contributed by atoms with van der Waals surface area (Å²) >= 11 is 5.99. The SMILES string of the molecule is Cc1ccc(C(F)F)c(-c2cc3ccc(Cl)nc3n2C(=O)OC(C)(C)C)c1. The van der Waals surface area contributed by atoms with Gasteiger partial charge >= 0.3 is 6.09 Å². The van der Waals surface area contributed by atoms with Crippen molar-refractivity contribution in [3.63, 3.8) is 0 Å². The molecule has 0 saturated heterocycles. The summed E-state index contributed by atoms with van der Waals surface area (Å²) in [6, 6.07) is 9.51. The molecule has 2 aromatic heterocycles. The molecule has 27 heavy (non-hydrogen) atoms. The zero-order valence-corrected chi connectivity index (χ0v) is 16.1. The third-order valence-electron chi connectivity index (χ3n) is 3.91. The van der Waals surface area contributed by atoms with Crippen LogP contribution in [0.15, 0.2) is 36.4 Å². The van der Waals surface area contributed by atoms with E-state index in [0.29, 0.717) is 5.39 Å². The quantitative estimate of drug-likeness (QED) is 0.475. The molecule has 0 aliphatic carbocycles. The van der Waals surface area contributed by atoms with Gasteiger partial charge in [0.15, 0.2) is 5.65 Å². The van der Waals surface area contributed by atoms with E-state index in [0.717, 1.165) is 5.56 Å². The fourth-order valence-corrected chi connectivity index (χ4v) is 2.97. The van der Waals surface area contributed by atoms with E-state index in [4.69, 9.17) is 16.3 Å². The summed E-state index contributed by atoms with van der Waals surface area (Å²) in [4.78, 5) is 17.1. The highest BCUT2D eigenvalue weighted by Gasteiger charge is 2.26. The van der Waals surface area contributed by atoms with Gasteiger partial charge in [0, 0.05) is 16.5 Å². The molecule has 3 rings (SSSR count). The second-order valence-electron chi connectivity index (χ2n) is 7.28. The molecule has 0 amide bonds. The Morgan fingerprint density at radius 1 is 1.19 bits per heavy atom. The maximum atomic E-state index is 13.6. The first-order valence-electron chi connectivity index (χ1n) is 8.37. The highest BCUT2D eigenvalue weighted by Crippen LogP contribution is 2.35. The third kappa shape index (κ3) is 3.95. The van der Waals surface area contributed by atoms with E-state index in [1.807, 2.05) is 0 Å². The molecule has 3 aromatic rings. The van der Waals surface area contributed by atoms with Crippen molar-refractivity contribution in [3.05, 3.63) is 52.7 Å². The Morgan fingerprint density at radius 2 is 1.89 bits per heavy atom. The number of aryl methyl sites for hydroxylation is 1. The first-order valence-corrected chi connectivity index (χ1v) is 8.75. The Morgan fingerprint density at radius 3 is 2.52 bits per heavy atom. The van der Waals surface area contributed by atoms with Crippen molar-refractivity contribution < 1.29 is 18.3 Å². The van der Waals surface area contributed by atoms with Gasteiger partial charge in [-0.1, -0.05) is 29.3 Å². The van der Waals surface area contributed by atoms with Crippen molar-refractivity contribution in [2.24, 2.45) is 0 Å². The lowest BCUT2D eigenvalue weighted by Crippen LogP contribution is -2.27. The molecule has 1 aromatic carbocycles. The van der Waals surface area contributed by atoms with Gasteiger partial charge in [-0.2, -0.15) is 0 Å². The lowest BCUT2D eigenvalue weighted by atomic mass is 10.0. The fourth-order valence-electron chi connectivity index (χ4n) is 2.83. The summed E-state index contributed by atoms with van der Waals surface area (Å²) < 4.78 is 33.9. The van der Waals surface area contributed by atoms with Crippen LogP contribution < -0.4 is 0 Å². The van der Waals surface area contributed by atoms with Gasteiger partial charge in [0.2, 0.25) is 0 Å². The molecule has 7 heteroatoms. The van der Waals surface area contributed by atoms with E-state index in [2.05, 4.69) is 4.98 Å². The zero-order chi connectivity index (χ0) is 19.9. The lowest BCUT2D eigenvalue weighted by Gasteiger charge is -2.21. The normalized spacial score (nSPS) is 12.0. The smallest absolute Gasteiger partial charge is 0.420 e. The Kier molecular flexibility index (Phi) is 4.95. The summed E-state index contributed by atoms with van der Waals surface area (Å²) in [6.07, 6.45) is -3.40. The molecule has 0 saturated carbocycles. The minimum atomic E-state index is -2.69.